The Bertz CT molecular complexity index is 720. The van der Waals surface area contributed by atoms with Crippen molar-refractivity contribution in [2.45, 2.75) is 13.3 Å². The van der Waals surface area contributed by atoms with Crippen LogP contribution in [0.2, 0.25) is 10.0 Å². The summed E-state index contributed by atoms with van der Waals surface area (Å²) < 4.78 is 0. The molecule has 0 aliphatic rings. The number of hydrogen-bond donors (Lipinski definition) is 1. The van der Waals surface area contributed by atoms with E-state index in [9.17, 15) is 9.59 Å². The fourth-order valence-electron chi connectivity index (χ4n) is 2.26. The van der Waals surface area contributed by atoms with Gasteiger partial charge in [0.1, 0.15) is 6.54 Å². The van der Waals surface area contributed by atoms with Crippen LogP contribution in [0.3, 0.4) is 0 Å². The van der Waals surface area contributed by atoms with E-state index in [-0.39, 0.29) is 18.4 Å². The highest BCUT2D eigenvalue weighted by atomic mass is 35.5. The normalized spacial score (nSPS) is 10.3. The van der Waals surface area contributed by atoms with Gasteiger partial charge in [-0.15, -0.1) is 0 Å². The second-order valence-electron chi connectivity index (χ2n) is 5.29. The molecule has 6 heteroatoms. The van der Waals surface area contributed by atoms with E-state index >= 15 is 0 Å². The Balaban J connectivity index is 1.95. The molecule has 2 aromatic rings. The van der Waals surface area contributed by atoms with Crippen molar-refractivity contribution in [3.8, 4) is 0 Å². The van der Waals surface area contributed by atoms with Crippen molar-refractivity contribution < 1.29 is 9.59 Å². The topological polar surface area (TPSA) is 49.4 Å². The Kier molecular flexibility index (Phi) is 6.64. The first-order valence-electron chi connectivity index (χ1n) is 7.51. The molecule has 1 N–H and O–H groups in total. The Hall–Kier alpha value is -2.04. The molecule has 24 heavy (non-hydrogen) atoms. The predicted molar refractivity (Wildman–Crippen MR) is 97.6 cm³/mol. The lowest BCUT2D eigenvalue weighted by molar-refractivity contribution is -0.123. The number of halogens is 2. The van der Waals surface area contributed by atoms with Crippen LogP contribution in [0.25, 0.3) is 0 Å². The van der Waals surface area contributed by atoms with Gasteiger partial charge in [0.2, 0.25) is 11.8 Å². The monoisotopic (exact) mass is 364 g/mol. The van der Waals surface area contributed by atoms with E-state index in [2.05, 4.69) is 5.32 Å². The van der Waals surface area contributed by atoms with Crippen LogP contribution >= 0.6 is 23.2 Å². The van der Waals surface area contributed by atoms with Crippen LogP contribution in [0, 0.1) is 0 Å². The molecule has 0 fully saturated rings. The maximum atomic E-state index is 12.1. The summed E-state index contributed by atoms with van der Waals surface area (Å²) in [5, 5.41) is 3.62. The third-order valence-electron chi connectivity index (χ3n) is 3.46. The van der Waals surface area contributed by atoms with E-state index in [4.69, 9.17) is 23.2 Å². The summed E-state index contributed by atoms with van der Waals surface area (Å²) in [6.45, 7) is 1.80. The lowest BCUT2D eigenvalue weighted by Gasteiger charge is -2.22. The van der Waals surface area contributed by atoms with Gasteiger partial charge >= 0.3 is 0 Å². The molecule has 2 rings (SSSR count). The highest BCUT2D eigenvalue weighted by molar-refractivity contribution is 6.36. The van der Waals surface area contributed by atoms with Gasteiger partial charge in [0, 0.05) is 18.5 Å². The number of hydrogen-bond acceptors (Lipinski definition) is 2. The van der Waals surface area contributed by atoms with Crippen molar-refractivity contribution in [1.29, 1.82) is 0 Å². The van der Waals surface area contributed by atoms with Gasteiger partial charge in [-0.05, 0) is 30.2 Å². The summed E-state index contributed by atoms with van der Waals surface area (Å²) in [4.78, 5) is 25.3. The number of anilines is 1. The summed E-state index contributed by atoms with van der Waals surface area (Å²) in [6, 6.07) is 14.7. The van der Waals surface area contributed by atoms with Gasteiger partial charge in [-0.3, -0.25) is 9.59 Å². The first-order valence-corrected chi connectivity index (χ1v) is 8.26. The molecule has 0 spiro atoms. The largest absolute Gasteiger partial charge is 0.354 e. The van der Waals surface area contributed by atoms with Gasteiger partial charge in [0.15, 0.2) is 0 Å². The highest BCUT2D eigenvalue weighted by Gasteiger charge is 2.18. The lowest BCUT2D eigenvalue weighted by Crippen LogP contribution is -2.40. The maximum Gasteiger partial charge on any atom is 0.240 e. The predicted octanol–water partition coefficient (Wildman–Crippen LogP) is 3.71. The minimum atomic E-state index is -0.266. The van der Waals surface area contributed by atoms with Crippen LogP contribution in [0.5, 0.6) is 0 Å². The van der Waals surface area contributed by atoms with Crippen molar-refractivity contribution in [2.24, 2.45) is 0 Å². The maximum absolute atomic E-state index is 12.1. The fraction of sp³-hybridized carbons (Fsp3) is 0.222. The zero-order chi connectivity index (χ0) is 17.5. The Morgan fingerprint density at radius 3 is 2.42 bits per heavy atom. The van der Waals surface area contributed by atoms with Gasteiger partial charge in [-0.1, -0.05) is 53.5 Å². The number of carbonyl (C=O) groups is 2. The quantitative estimate of drug-likeness (QED) is 0.849. The molecule has 0 saturated carbocycles. The van der Waals surface area contributed by atoms with Crippen LogP contribution in [0.1, 0.15) is 12.5 Å². The fourth-order valence-corrected chi connectivity index (χ4v) is 2.77. The summed E-state index contributed by atoms with van der Waals surface area (Å²) in [7, 11) is 0. The van der Waals surface area contributed by atoms with Gasteiger partial charge in [0.05, 0.1) is 10.7 Å². The molecule has 0 aliphatic heterocycles. The molecule has 0 bridgehead atoms. The minimum absolute atomic E-state index is 0.0918. The number of carbonyl (C=O) groups excluding carboxylic acids is 2. The molecule has 0 aliphatic carbocycles. The van der Waals surface area contributed by atoms with Crippen LogP contribution in [0.15, 0.2) is 48.5 Å². The first kappa shape index (κ1) is 18.3. The number of amides is 2. The molecule has 2 aromatic carbocycles. The average Bonchev–Trinajstić information content (AvgIpc) is 2.54. The van der Waals surface area contributed by atoms with E-state index < -0.39 is 0 Å². The number of rotatable bonds is 6. The van der Waals surface area contributed by atoms with Gasteiger partial charge in [-0.2, -0.15) is 0 Å². The smallest absolute Gasteiger partial charge is 0.240 e. The molecule has 0 heterocycles. The van der Waals surface area contributed by atoms with Crippen LogP contribution in [0.4, 0.5) is 5.69 Å². The molecule has 0 aromatic heterocycles. The first-order chi connectivity index (χ1) is 11.5. The van der Waals surface area contributed by atoms with E-state index in [0.29, 0.717) is 22.3 Å². The second kappa shape index (κ2) is 8.71. The van der Waals surface area contributed by atoms with E-state index in [1.165, 1.54) is 11.8 Å². The standard InChI is InChI=1S/C18H18Cl2N2O2/c1-13(23)22(17-8-7-15(19)11-16(17)20)12-18(24)21-10-9-14-5-3-2-4-6-14/h2-8,11H,9-10,12H2,1H3,(H,21,24). The SMILES string of the molecule is CC(=O)N(CC(=O)NCCc1ccccc1)c1ccc(Cl)cc1Cl. The zero-order valence-corrected chi connectivity index (χ0v) is 14.8. The van der Waals surface area contributed by atoms with Gasteiger partial charge in [-0.25, -0.2) is 0 Å². The van der Waals surface area contributed by atoms with Crippen molar-refractivity contribution in [3.05, 3.63) is 64.1 Å². The van der Waals surface area contributed by atoms with Gasteiger partial charge in [0.25, 0.3) is 0 Å². The molecule has 0 saturated heterocycles. The Morgan fingerprint density at radius 2 is 1.79 bits per heavy atom. The lowest BCUT2D eigenvalue weighted by atomic mass is 10.1. The van der Waals surface area contributed by atoms with Crippen LogP contribution in [-0.4, -0.2) is 24.9 Å². The Morgan fingerprint density at radius 1 is 1.08 bits per heavy atom. The average molecular weight is 365 g/mol. The summed E-state index contributed by atoms with van der Waals surface area (Å²) >= 11 is 12.0. The molecule has 0 unspecified atom stereocenters. The Labute approximate surface area is 151 Å². The molecule has 2 amide bonds. The zero-order valence-electron chi connectivity index (χ0n) is 13.3. The third-order valence-corrected chi connectivity index (χ3v) is 4.00. The number of nitrogens with one attached hydrogen (secondary N) is 1. The van der Waals surface area contributed by atoms with Gasteiger partial charge < -0.3 is 10.2 Å². The van der Waals surface area contributed by atoms with E-state index in [0.717, 1.165) is 12.0 Å². The molecule has 126 valence electrons. The minimum Gasteiger partial charge on any atom is -0.354 e. The summed E-state index contributed by atoms with van der Waals surface area (Å²) in [5.41, 5.74) is 1.61. The molecule has 4 nitrogen and oxygen atoms in total. The second-order valence-corrected chi connectivity index (χ2v) is 6.13. The number of benzene rings is 2. The van der Waals surface area contributed by atoms with Crippen molar-refractivity contribution in [1.82, 2.24) is 5.32 Å². The van der Waals surface area contributed by atoms with Crippen molar-refractivity contribution in [3.63, 3.8) is 0 Å². The third kappa shape index (κ3) is 5.25. The highest BCUT2D eigenvalue weighted by Crippen LogP contribution is 2.28. The molecular formula is C18H18Cl2N2O2. The number of nitrogens with zero attached hydrogens (tertiary/aromatic N) is 1. The summed E-state index contributed by atoms with van der Waals surface area (Å²) in [5.74, 6) is -0.510. The molecular weight excluding hydrogens is 347 g/mol. The van der Waals surface area contributed by atoms with Crippen molar-refractivity contribution in [2.75, 3.05) is 18.0 Å². The summed E-state index contributed by atoms with van der Waals surface area (Å²) in [6.07, 6.45) is 0.731. The van der Waals surface area contributed by atoms with Crippen LogP contribution in [-0.2, 0) is 16.0 Å². The molecule has 0 radical (unpaired) electrons. The van der Waals surface area contributed by atoms with E-state index in [1.54, 1.807) is 18.2 Å². The molecule has 0 atom stereocenters. The van der Waals surface area contributed by atoms with Crippen molar-refractivity contribution >= 4 is 40.7 Å². The van der Waals surface area contributed by atoms with E-state index in [1.807, 2.05) is 30.3 Å². The van der Waals surface area contributed by atoms with Crippen LogP contribution < -0.4 is 10.2 Å².